The third-order valence-corrected chi connectivity index (χ3v) is 5.65. The average Bonchev–Trinajstić information content (AvgIpc) is 2.36. The molecule has 1 aromatic rings. The van der Waals surface area contributed by atoms with Gasteiger partial charge in [0.1, 0.15) is 0 Å². The monoisotopic (exact) mass is 324 g/mol. The van der Waals surface area contributed by atoms with E-state index in [1.807, 2.05) is 30.3 Å². The summed E-state index contributed by atoms with van der Waals surface area (Å²) in [6.07, 6.45) is 1.92. The number of methoxy groups -OCH3 is 2. The Hall–Kier alpha value is -1.23. The Bertz CT molecular complexity index is 455. The van der Waals surface area contributed by atoms with Crippen LogP contribution < -0.4 is 4.74 Å². The predicted octanol–water partition coefficient (Wildman–Crippen LogP) is 3.59. The molecule has 0 saturated heterocycles. The van der Waals surface area contributed by atoms with Gasteiger partial charge in [0.2, 0.25) is 0 Å². The number of rotatable bonds is 5. The Labute approximate surface area is 118 Å². The summed E-state index contributed by atoms with van der Waals surface area (Å²) in [4.78, 5) is 11.8. The summed E-state index contributed by atoms with van der Waals surface area (Å²) in [5.41, 5.74) is 1.76. The molecule has 0 radical (unpaired) electrons. The zero-order chi connectivity index (χ0) is 14.5. The van der Waals surface area contributed by atoms with Crippen molar-refractivity contribution >= 4 is 25.3 Å². The molecule has 0 aliphatic carbocycles. The minimum atomic E-state index is -1.85. The number of carbonyl (C=O) groups excluding carboxylic acids is 1. The van der Waals surface area contributed by atoms with Crippen molar-refractivity contribution in [3.63, 3.8) is 0 Å². The SMILES string of the molecule is COC(=O)/C(=C\c1ccc(OC)cc1)[CH2][Ge]([CH3])([CH3])[CH3]. The molecule has 1 aromatic carbocycles. The van der Waals surface area contributed by atoms with Crippen LogP contribution in [0.25, 0.3) is 6.08 Å². The second kappa shape index (κ2) is 6.80. The molecule has 0 atom stereocenters. The third kappa shape index (κ3) is 5.51. The molecule has 0 aliphatic heterocycles. The van der Waals surface area contributed by atoms with Crippen molar-refractivity contribution in [1.29, 1.82) is 0 Å². The minimum absolute atomic E-state index is 0.226. The Balaban J connectivity index is 3.01. The Morgan fingerprint density at radius 3 is 2.16 bits per heavy atom. The number of ether oxygens (including phenoxy) is 2. The molecule has 3 nitrogen and oxygen atoms in total. The van der Waals surface area contributed by atoms with E-state index in [2.05, 4.69) is 17.3 Å². The van der Waals surface area contributed by atoms with Gasteiger partial charge in [0, 0.05) is 0 Å². The number of hydrogen-bond acceptors (Lipinski definition) is 3. The molecule has 1 rings (SSSR count). The molecule has 0 aromatic heterocycles. The molecule has 0 aliphatic rings. The third-order valence-electron chi connectivity index (χ3n) is 2.63. The van der Waals surface area contributed by atoms with Crippen LogP contribution in [-0.4, -0.2) is 33.5 Å². The Kier molecular flexibility index (Phi) is 5.66. The summed E-state index contributed by atoms with van der Waals surface area (Å²) in [5.74, 6) is 7.43. The molecular weight excluding hydrogens is 301 g/mol. The van der Waals surface area contributed by atoms with E-state index in [0.29, 0.717) is 0 Å². The predicted molar refractivity (Wildman–Crippen MR) is 81.1 cm³/mol. The summed E-state index contributed by atoms with van der Waals surface area (Å²) >= 11 is -1.85. The first-order valence-corrected chi connectivity index (χ1v) is 14.1. The second-order valence-corrected chi connectivity index (χ2v) is 17.2. The fraction of sp³-hybridized carbons (Fsp3) is 0.400. The van der Waals surface area contributed by atoms with Gasteiger partial charge in [0.05, 0.1) is 0 Å². The normalized spacial score (nSPS) is 12.2. The first-order chi connectivity index (χ1) is 8.85. The van der Waals surface area contributed by atoms with Crippen molar-refractivity contribution in [2.45, 2.75) is 22.5 Å². The molecular formula is C15H22GeO3. The first-order valence-electron chi connectivity index (χ1n) is 6.28. The van der Waals surface area contributed by atoms with Crippen LogP contribution in [0.4, 0.5) is 0 Å². The van der Waals surface area contributed by atoms with E-state index >= 15 is 0 Å². The molecule has 0 fully saturated rings. The first kappa shape index (κ1) is 15.8. The summed E-state index contributed by atoms with van der Waals surface area (Å²) in [5, 5.41) is 0.860. The molecule has 0 heterocycles. The van der Waals surface area contributed by atoms with Gasteiger partial charge >= 0.3 is 117 Å². The van der Waals surface area contributed by atoms with E-state index in [-0.39, 0.29) is 5.97 Å². The Morgan fingerprint density at radius 2 is 1.74 bits per heavy atom. The van der Waals surface area contributed by atoms with Gasteiger partial charge in [-0.1, -0.05) is 0 Å². The van der Waals surface area contributed by atoms with Gasteiger partial charge in [-0.15, -0.1) is 0 Å². The summed E-state index contributed by atoms with van der Waals surface area (Å²) in [6, 6.07) is 7.66. The number of hydrogen-bond donors (Lipinski definition) is 0. The van der Waals surface area contributed by atoms with Crippen LogP contribution in [0.3, 0.4) is 0 Å². The van der Waals surface area contributed by atoms with Crippen LogP contribution in [0.1, 0.15) is 5.56 Å². The molecule has 19 heavy (non-hydrogen) atoms. The molecule has 0 amide bonds. The van der Waals surface area contributed by atoms with Gasteiger partial charge in [-0.2, -0.15) is 0 Å². The van der Waals surface area contributed by atoms with Crippen LogP contribution in [0, 0.1) is 0 Å². The van der Waals surface area contributed by atoms with Crippen molar-refractivity contribution < 1.29 is 14.3 Å². The quantitative estimate of drug-likeness (QED) is 0.472. The van der Waals surface area contributed by atoms with Gasteiger partial charge < -0.3 is 0 Å². The zero-order valence-electron chi connectivity index (χ0n) is 12.3. The molecule has 0 N–H and O–H groups in total. The van der Waals surface area contributed by atoms with E-state index in [1.165, 1.54) is 7.11 Å². The summed E-state index contributed by atoms with van der Waals surface area (Å²) < 4.78 is 9.99. The number of carbonyl (C=O) groups is 1. The van der Waals surface area contributed by atoms with Crippen molar-refractivity contribution in [2.75, 3.05) is 14.2 Å². The van der Waals surface area contributed by atoms with Crippen LogP contribution in [0.2, 0.25) is 22.5 Å². The van der Waals surface area contributed by atoms with Gasteiger partial charge in [-0.05, 0) is 0 Å². The number of benzene rings is 1. The zero-order valence-corrected chi connectivity index (χ0v) is 14.4. The Morgan fingerprint density at radius 1 is 1.16 bits per heavy atom. The fourth-order valence-corrected chi connectivity index (χ4v) is 4.70. The van der Waals surface area contributed by atoms with E-state index in [1.54, 1.807) is 7.11 Å². The van der Waals surface area contributed by atoms with Crippen LogP contribution in [-0.2, 0) is 9.53 Å². The summed E-state index contributed by atoms with van der Waals surface area (Å²) in [6.45, 7) is 0. The standard InChI is InChI=1S/C15H22GeO3/c1-16(2,3)11-13(15(17)19-5)10-12-6-8-14(18-4)9-7-12/h6-10H,11H2,1-5H3/b13-10-. The van der Waals surface area contributed by atoms with Gasteiger partial charge in [0.25, 0.3) is 0 Å². The molecule has 104 valence electrons. The van der Waals surface area contributed by atoms with Crippen LogP contribution >= 0.6 is 0 Å². The molecule has 4 heteroatoms. The van der Waals surface area contributed by atoms with Crippen molar-refractivity contribution in [1.82, 2.24) is 0 Å². The van der Waals surface area contributed by atoms with E-state index in [4.69, 9.17) is 9.47 Å². The van der Waals surface area contributed by atoms with Gasteiger partial charge in [-0.3, -0.25) is 0 Å². The average molecular weight is 323 g/mol. The van der Waals surface area contributed by atoms with Crippen molar-refractivity contribution in [3.8, 4) is 5.75 Å². The van der Waals surface area contributed by atoms with E-state index < -0.39 is 13.3 Å². The molecule has 0 unspecified atom stereocenters. The van der Waals surface area contributed by atoms with Crippen LogP contribution in [0.5, 0.6) is 5.75 Å². The maximum absolute atomic E-state index is 11.8. The second-order valence-electron chi connectivity index (χ2n) is 5.67. The van der Waals surface area contributed by atoms with Gasteiger partial charge in [0.15, 0.2) is 0 Å². The molecule has 0 spiro atoms. The summed E-state index contributed by atoms with van der Waals surface area (Å²) in [7, 11) is 3.07. The van der Waals surface area contributed by atoms with Crippen molar-refractivity contribution in [3.05, 3.63) is 35.4 Å². The number of esters is 1. The van der Waals surface area contributed by atoms with Crippen molar-refractivity contribution in [2.24, 2.45) is 0 Å². The van der Waals surface area contributed by atoms with Gasteiger partial charge in [-0.25, -0.2) is 0 Å². The maximum atomic E-state index is 11.8. The molecule has 0 bridgehead atoms. The van der Waals surface area contributed by atoms with E-state index in [9.17, 15) is 4.79 Å². The fourth-order valence-electron chi connectivity index (χ4n) is 1.79. The molecule has 0 saturated carbocycles. The topological polar surface area (TPSA) is 35.5 Å². The van der Waals surface area contributed by atoms with Crippen LogP contribution in [0.15, 0.2) is 29.8 Å². The van der Waals surface area contributed by atoms with E-state index in [0.717, 1.165) is 22.1 Å².